The number of aliphatic hydroxyl groups excluding tert-OH is 4. The molecule has 520 valence electrons. The molecule has 26 heteroatoms. The van der Waals surface area contributed by atoms with Crippen molar-refractivity contribution in [1.29, 1.82) is 0 Å². The maximum Gasteiger partial charge on any atom is 0.407 e. The fourth-order valence-corrected chi connectivity index (χ4v) is 16.9. The summed E-state index contributed by atoms with van der Waals surface area (Å²) in [6, 6.07) is -1.06. The van der Waals surface area contributed by atoms with Crippen LogP contribution in [-0.2, 0) is 80.8 Å². The lowest BCUT2D eigenvalue weighted by Gasteiger charge is -2.56. The van der Waals surface area contributed by atoms with E-state index < -0.39 is 205 Å². The van der Waals surface area contributed by atoms with E-state index in [0.29, 0.717) is 44.0 Å². The van der Waals surface area contributed by atoms with Crippen LogP contribution in [0.4, 0.5) is 4.79 Å². The topological polar surface area (TPSA) is 345 Å². The van der Waals surface area contributed by atoms with Crippen molar-refractivity contribution in [2.45, 2.75) is 281 Å². The Labute approximate surface area is 543 Å². The monoisotopic (exact) mass is 1310 g/mol. The Hall–Kier alpha value is -4.59. The Morgan fingerprint density at radius 2 is 1.35 bits per heavy atom. The number of esters is 2. The molecule has 0 aromatic carbocycles. The maximum atomic E-state index is 15.6. The predicted molar refractivity (Wildman–Crippen MR) is 325 cm³/mol. The van der Waals surface area contributed by atoms with Crippen molar-refractivity contribution < 1.29 is 111 Å². The number of fused-ring (bicyclic) bond motifs is 4. The number of rotatable bonds is 14. The lowest BCUT2D eigenvalue weighted by molar-refractivity contribution is -0.331. The summed E-state index contributed by atoms with van der Waals surface area (Å²) in [4.78, 5) is 68.1. The quantitative estimate of drug-likeness (QED) is 0.0278. The van der Waals surface area contributed by atoms with Gasteiger partial charge in [0.15, 0.2) is 43.2 Å². The number of nitrogens with zero attached hydrogens (tertiary/aromatic N) is 1. The summed E-state index contributed by atoms with van der Waals surface area (Å²) in [5, 5.41) is 72.5. The van der Waals surface area contributed by atoms with Gasteiger partial charge in [-0.25, -0.2) is 9.59 Å². The number of alkyl carbamates (subject to hydrolysis) is 1. The van der Waals surface area contributed by atoms with E-state index in [9.17, 15) is 50.0 Å². The summed E-state index contributed by atoms with van der Waals surface area (Å²) >= 11 is 0. The van der Waals surface area contributed by atoms with Gasteiger partial charge in [-0.15, -0.1) is 0 Å². The van der Waals surface area contributed by atoms with Gasteiger partial charge in [-0.2, -0.15) is 0 Å². The summed E-state index contributed by atoms with van der Waals surface area (Å²) in [7, 11) is 1.16. The third-order valence-corrected chi connectivity index (χ3v) is 21.7. The van der Waals surface area contributed by atoms with E-state index in [2.05, 4.69) is 25.2 Å². The minimum atomic E-state index is -2.19. The Morgan fingerprint density at radius 3 is 2.01 bits per heavy atom. The van der Waals surface area contributed by atoms with E-state index in [-0.39, 0.29) is 48.3 Å². The average molecular weight is 1310 g/mol. The summed E-state index contributed by atoms with van der Waals surface area (Å²) in [5.41, 5.74) is -4.75. The van der Waals surface area contributed by atoms with Crippen LogP contribution in [-0.4, -0.2) is 202 Å². The number of methoxy groups -OCH3 is 1. The highest BCUT2D eigenvalue weighted by molar-refractivity contribution is 6.26. The van der Waals surface area contributed by atoms with Crippen LogP contribution < -0.4 is 5.32 Å². The highest BCUT2D eigenvalue weighted by Crippen LogP contribution is 2.61. The number of Topliss-reactive ketones (excluding diaryl/α,β-unsaturated/α-hetero) is 1. The molecule has 6 heterocycles. The number of hydroxylamine groups is 2. The van der Waals surface area contributed by atoms with Crippen molar-refractivity contribution in [1.82, 2.24) is 10.5 Å². The molecule has 1 spiro atoms. The molecule has 6 saturated heterocycles. The molecule has 93 heavy (non-hydrogen) atoms. The number of carbonyl (C=O) groups excluding carboxylic acids is 5. The van der Waals surface area contributed by atoms with Crippen LogP contribution in [0.5, 0.6) is 0 Å². The highest BCUT2D eigenvalue weighted by Gasteiger charge is 2.65. The zero-order chi connectivity index (χ0) is 67.5. The SMILES string of the molecule is COC(=O)N[C@H]1[C@@H](C)O[C@H](O[C@H]2C/C=C(\C)[C@@H]3C=C[C@@H]4[C@H](O[C@H]5C[C@@H](O[C@H]6CC[C@H](O[C@H]7C[C@H](O)[C@@H](O[C@@H]8CC[C@@H](O)[C@H](C)O8)[C@H](C)O7)[C@H](C)O6)[C@H](OC(C)=O)[C@@H](C)O5)[C@H](C)C[C@@H](C)[C@@H]4[C@]3(C)C(O)=C3C(=O)O[C@@]4(CC(C=O)=C[C@@H](O)[C@H]4/C=C/2C)C3=O)C[C@]1(C)N([O-])O. The molecule has 29 atom stereocenters. The molecule has 1 saturated carbocycles. The first-order valence-corrected chi connectivity index (χ1v) is 33.1. The fourth-order valence-electron chi connectivity index (χ4n) is 16.9. The number of allylic oxidation sites excluding steroid dienone is 3. The molecular weight excluding hydrogens is 1220 g/mol. The molecule has 0 aromatic heterocycles. The van der Waals surface area contributed by atoms with Crippen LogP contribution in [0.1, 0.15) is 147 Å². The second-order valence-corrected chi connectivity index (χ2v) is 28.2. The zero-order valence-electron chi connectivity index (χ0n) is 55.5. The van der Waals surface area contributed by atoms with Gasteiger partial charge in [-0.05, 0) is 116 Å². The number of ether oxygens (including phenoxy) is 13. The van der Waals surface area contributed by atoms with E-state index in [1.54, 1.807) is 33.8 Å². The zero-order valence-corrected chi connectivity index (χ0v) is 55.5. The highest BCUT2D eigenvalue weighted by atomic mass is 16.8. The molecule has 6 N–H and O–H groups in total. The number of amides is 1. The lowest BCUT2D eigenvalue weighted by Crippen LogP contribution is -2.67. The third kappa shape index (κ3) is 14.1. The maximum absolute atomic E-state index is 15.6. The molecule has 10 aliphatic rings. The van der Waals surface area contributed by atoms with Gasteiger partial charge in [0.25, 0.3) is 0 Å². The Morgan fingerprint density at radius 1 is 0.720 bits per heavy atom. The molecule has 26 nitrogen and oxygen atoms in total. The van der Waals surface area contributed by atoms with Gasteiger partial charge in [-0.3, -0.25) is 19.6 Å². The first-order chi connectivity index (χ1) is 43.9. The third-order valence-electron chi connectivity index (χ3n) is 21.7. The van der Waals surface area contributed by atoms with Crippen molar-refractivity contribution >= 4 is 30.1 Å². The number of ketones is 1. The van der Waals surface area contributed by atoms with Gasteiger partial charge in [0, 0.05) is 62.7 Å². The molecule has 0 unspecified atom stereocenters. The first-order valence-electron chi connectivity index (χ1n) is 33.1. The largest absolute Gasteiger partial charge is 0.762 e. The average Bonchev–Trinajstić information content (AvgIpc) is 1.68. The van der Waals surface area contributed by atoms with E-state index in [1.165, 1.54) is 19.9 Å². The van der Waals surface area contributed by atoms with Crippen LogP contribution in [0.2, 0.25) is 0 Å². The Bertz CT molecular complexity index is 2900. The van der Waals surface area contributed by atoms with Crippen molar-refractivity contribution in [3.05, 3.63) is 63.6 Å². The predicted octanol–water partition coefficient (Wildman–Crippen LogP) is 6.27. The Kier molecular flexibility index (Phi) is 21.8. The van der Waals surface area contributed by atoms with Crippen molar-refractivity contribution in [3.8, 4) is 0 Å². The lowest BCUT2D eigenvalue weighted by atomic mass is 9.49. The van der Waals surface area contributed by atoms with E-state index in [1.807, 2.05) is 39.8 Å². The Balaban J connectivity index is 0.903. The van der Waals surface area contributed by atoms with Crippen molar-refractivity contribution in [2.24, 2.45) is 40.9 Å². The number of nitrogens with one attached hydrogen (secondary N) is 1. The summed E-state index contributed by atoms with van der Waals surface area (Å²) < 4.78 is 81.6. The normalized spacial score (nSPS) is 47.5. The van der Waals surface area contributed by atoms with Crippen LogP contribution in [0, 0.1) is 46.1 Å². The van der Waals surface area contributed by atoms with Crippen LogP contribution in [0.3, 0.4) is 0 Å². The standard InChI is InChI=1S/C67H97N2O24/c1-30-14-18-47(88-54-28-65(11,69(79)80)60(38(9)86-54)68-64(78)81-13)31(2)23-43-45(73)24-40(29-70)27-67(43)62(76)55(63(77)93-67)61(75)66(12)42(30)16-15-41-56(66)32(3)22-33(4)57(41)92-53-26-49(59(37(8)85-53)87-39(10)71)90-50-21-19-48(35(6)83-50)89-52-25-46(74)58(36(7)84-52)91-51-20-17-44(72)34(5)82-51/h14-16,23-24,29,32-38,41-54,56-60,72-75,79H,17-22,25-28H2,1-13H3,(H,68,78)/q-1/b30-14+,31-23+,61-55?/t32-,33-,34+,35+,36+,37-,38-,41+,42+,43-,44-,45-,46+,47+,48+,49-,50+,51-,52+,53+,54-,56+,57-,58+,59-,60+,65+,66-,67-/m1/s1. The molecule has 0 radical (unpaired) electrons. The van der Waals surface area contributed by atoms with E-state index >= 15 is 4.79 Å². The van der Waals surface area contributed by atoms with E-state index in [4.69, 9.17) is 61.6 Å². The minimum Gasteiger partial charge on any atom is -0.762 e. The number of carbonyl (C=O) groups is 5. The second-order valence-electron chi connectivity index (χ2n) is 28.2. The van der Waals surface area contributed by atoms with Gasteiger partial charge in [0.05, 0.1) is 91.8 Å². The van der Waals surface area contributed by atoms with Gasteiger partial charge in [-0.1, -0.05) is 50.6 Å². The summed E-state index contributed by atoms with van der Waals surface area (Å²) in [5.74, 6) is -6.40. The molecule has 6 aliphatic heterocycles. The van der Waals surface area contributed by atoms with E-state index in [0.717, 1.165) is 12.7 Å². The van der Waals surface area contributed by atoms with Crippen molar-refractivity contribution in [2.75, 3.05) is 7.11 Å². The van der Waals surface area contributed by atoms with Crippen LogP contribution >= 0.6 is 0 Å². The number of aldehydes is 1. The molecule has 4 aliphatic carbocycles. The molecule has 1 amide bonds. The molecule has 0 aromatic rings. The molecule has 2 bridgehead atoms. The minimum absolute atomic E-state index is 0.00396. The second kappa shape index (κ2) is 28.5. The van der Waals surface area contributed by atoms with Gasteiger partial charge in [0.1, 0.15) is 29.8 Å². The van der Waals surface area contributed by atoms with Crippen molar-refractivity contribution in [3.63, 3.8) is 0 Å². The summed E-state index contributed by atoms with van der Waals surface area (Å²) in [6.45, 7) is 21.2. The number of hydrogen-bond donors (Lipinski definition) is 6. The fraction of sp³-hybridized carbons (Fsp3) is 0.776. The smallest absolute Gasteiger partial charge is 0.407 e. The van der Waals surface area contributed by atoms with Gasteiger partial charge in [0.2, 0.25) is 5.78 Å². The summed E-state index contributed by atoms with van der Waals surface area (Å²) in [6.07, 6.45) is -3.89. The van der Waals surface area contributed by atoms with Gasteiger partial charge >= 0.3 is 18.0 Å². The van der Waals surface area contributed by atoms with Crippen LogP contribution in [0.15, 0.2) is 58.4 Å². The molecular formula is C67H97N2O24-. The van der Waals surface area contributed by atoms with Crippen LogP contribution in [0.25, 0.3) is 0 Å². The molecule has 10 rings (SSSR count). The number of aliphatic hydroxyl groups is 4. The van der Waals surface area contributed by atoms with Gasteiger partial charge < -0.3 is 97.7 Å². The first kappa shape index (κ1) is 71.2. The number of hydrogen-bond acceptors (Lipinski definition) is 25. The molecule has 7 fully saturated rings.